The molecule has 1 aromatic carbocycles. The van der Waals surface area contributed by atoms with Crippen molar-refractivity contribution < 1.29 is 9.57 Å². The van der Waals surface area contributed by atoms with Gasteiger partial charge >= 0.3 is 0 Å². The molecule has 0 radical (unpaired) electrons. The molecule has 1 spiro atoms. The van der Waals surface area contributed by atoms with Crippen LogP contribution in [0, 0.1) is 0 Å². The lowest BCUT2D eigenvalue weighted by atomic mass is 9.82. The quantitative estimate of drug-likeness (QED) is 0.617. The third kappa shape index (κ3) is 1.35. The lowest BCUT2D eigenvalue weighted by Gasteiger charge is -2.24. The van der Waals surface area contributed by atoms with Crippen molar-refractivity contribution >= 4 is 5.71 Å². The molecule has 2 aromatic rings. The molecule has 4 rings (SSSR count). The van der Waals surface area contributed by atoms with E-state index in [0.717, 1.165) is 28.2 Å². The van der Waals surface area contributed by atoms with Crippen molar-refractivity contribution in [1.82, 2.24) is 9.55 Å². The predicted octanol–water partition coefficient (Wildman–Crippen LogP) is 1.80. The predicted molar refractivity (Wildman–Crippen MR) is 73.6 cm³/mol. The first-order valence-corrected chi connectivity index (χ1v) is 6.74. The molecule has 1 fully saturated rings. The summed E-state index contributed by atoms with van der Waals surface area (Å²) in [6.45, 7) is 3.15. The molecule has 2 heterocycles. The Morgan fingerprint density at radius 3 is 3.00 bits per heavy atom. The zero-order chi connectivity index (χ0) is 13.7. The van der Waals surface area contributed by atoms with E-state index < -0.39 is 0 Å². The fourth-order valence-electron chi connectivity index (χ4n) is 2.96. The van der Waals surface area contributed by atoms with Gasteiger partial charge in [0.1, 0.15) is 18.0 Å². The van der Waals surface area contributed by atoms with E-state index in [1.807, 2.05) is 36.7 Å². The molecule has 0 N–H and O–H groups in total. The number of epoxide rings is 1. The third-order valence-electron chi connectivity index (χ3n) is 3.88. The summed E-state index contributed by atoms with van der Waals surface area (Å²) in [5.41, 5.74) is 4.56. The molecule has 1 aromatic heterocycles. The van der Waals surface area contributed by atoms with Crippen LogP contribution in [0.3, 0.4) is 0 Å². The van der Waals surface area contributed by atoms with Crippen molar-refractivity contribution in [2.75, 3.05) is 13.2 Å². The molecule has 1 saturated heterocycles. The van der Waals surface area contributed by atoms with E-state index in [2.05, 4.69) is 16.2 Å². The topological polar surface area (TPSA) is 51.9 Å². The van der Waals surface area contributed by atoms with Gasteiger partial charge < -0.3 is 14.1 Å². The summed E-state index contributed by atoms with van der Waals surface area (Å²) < 4.78 is 7.84. The largest absolute Gasteiger partial charge is 0.396 e. The number of imidazole rings is 1. The van der Waals surface area contributed by atoms with Gasteiger partial charge in [0.05, 0.1) is 18.6 Å². The Labute approximate surface area is 116 Å². The number of fused-ring (bicyclic) bond motifs is 4. The summed E-state index contributed by atoms with van der Waals surface area (Å²) in [7, 11) is 1.99. The number of oxime groups is 1. The molecule has 1 unspecified atom stereocenters. The highest BCUT2D eigenvalue weighted by Gasteiger charge is 2.56. The second-order valence-corrected chi connectivity index (χ2v) is 5.07. The molecule has 0 amide bonds. The van der Waals surface area contributed by atoms with Gasteiger partial charge in [-0.15, -0.1) is 0 Å². The Balaban J connectivity index is 2.01. The number of aryl methyl sites for hydroxylation is 1. The first-order chi connectivity index (χ1) is 9.78. The smallest absolute Gasteiger partial charge is 0.159 e. The Bertz CT molecular complexity index is 714. The molecule has 1 aliphatic carbocycles. The van der Waals surface area contributed by atoms with E-state index in [1.165, 1.54) is 0 Å². The molecule has 0 bridgehead atoms. The van der Waals surface area contributed by atoms with Gasteiger partial charge in [-0.2, -0.15) is 0 Å². The van der Waals surface area contributed by atoms with E-state index in [-0.39, 0.29) is 5.60 Å². The molecule has 1 atom stereocenters. The fourth-order valence-corrected chi connectivity index (χ4v) is 2.96. The van der Waals surface area contributed by atoms with Gasteiger partial charge in [0.2, 0.25) is 0 Å². The number of benzene rings is 1. The summed E-state index contributed by atoms with van der Waals surface area (Å²) in [5.74, 6) is 0. The molecule has 5 nitrogen and oxygen atoms in total. The van der Waals surface area contributed by atoms with E-state index in [1.54, 1.807) is 6.33 Å². The lowest BCUT2D eigenvalue weighted by molar-refractivity contribution is 0.159. The SMILES string of the molecule is CCO/N=C1\c2ccccc2C2(CO2)c2c1ncn2C. The van der Waals surface area contributed by atoms with Crippen molar-refractivity contribution in [2.24, 2.45) is 12.2 Å². The standard InChI is InChI=1S/C15H15N3O2/c1-3-20-17-12-10-6-4-5-7-11(10)15(8-19-15)14-13(12)16-9-18(14)2/h4-7,9H,3,8H2,1-2H3/b17-12+. The molecule has 5 heteroatoms. The van der Waals surface area contributed by atoms with Crippen LogP contribution in [0.5, 0.6) is 0 Å². The Hall–Kier alpha value is -2.14. The van der Waals surface area contributed by atoms with Gasteiger partial charge in [-0.25, -0.2) is 4.98 Å². The number of hydrogen-bond acceptors (Lipinski definition) is 4. The zero-order valence-electron chi connectivity index (χ0n) is 11.5. The maximum atomic E-state index is 5.83. The average molecular weight is 269 g/mol. The molecule has 102 valence electrons. The van der Waals surface area contributed by atoms with Crippen LogP contribution in [-0.2, 0) is 22.2 Å². The van der Waals surface area contributed by atoms with Crippen LogP contribution in [0.1, 0.15) is 29.4 Å². The average Bonchev–Trinajstić information content (AvgIpc) is 3.16. The fraction of sp³-hybridized carbons (Fsp3) is 0.333. The van der Waals surface area contributed by atoms with Gasteiger partial charge in [0.15, 0.2) is 5.60 Å². The Kier molecular flexibility index (Phi) is 2.29. The molecule has 2 aliphatic rings. The second kappa shape index (κ2) is 3.93. The van der Waals surface area contributed by atoms with E-state index in [0.29, 0.717) is 13.2 Å². The Morgan fingerprint density at radius 2 is 2.25 bits per heavy atom. The van der Waals surface area contributed by atoms with Crippen LogP contribution in [0.2, 0.25) is 0 Å². The van der Waals surface area contributed by atoms with E-state index in [9.17, 15) is 0 Å². The minimum atomic E-state index is -0.345. The minimum absolute atomic E-state index is 0.345. The summed E-state index contributed by atoms with van der Waals surface area (Å²) in [6, 6.07) is 8.18. The van der Waals surface area contributed by atoms with Crippen molar-refractivity contribution in [2.45, 2.75) is 12.5 Å². The minimum Gasteiger partial charge on any atom is -0.396 e. The first kappa shape index (κ1) is 11.7. The number of nitrogens with zero attached hydrogens (tertiary/aromatic N) is 3. The molecule has 0 saturated carbocycles. The third-order valence-corrected chi connectivity index (χ3v) is 3.88. The van der Waals surface area contributed by atoms with Crippen LogP contribution in [-0.4, -0.2) is 28.5 Å². The summed E-state index contributed by atoms with van der Waals surface area (Å²) in [5, 5.41) is 4.28. The van der Waals surface area contributed by atoms with Crippen molar-refractivity contribution in [3.8, 4) is 0 Å². The highest BCUT2D eigenvalue weighted by atomic mass is 16.6. The van der Waals surface area contributed by atoms with Gasteiger partial charge in [0.25, 0.3) is 0 Å². The van der Waals surface area contributed by atoms with Crippen molar-refractivity contribution in [1.29, 1.82) is 0 Å². The highest BCUT2D eigenvalue weighted by Crippen LogP contribution is 2.50. The van der Waals surface area contributed by atoms with Crippen LogP contribution in [0.15, 0.2) is 35.7 Å². The van der Waals surface area contributed by atoms with Gasteiger partial charge in [-0.3, -0.25) is 0 Å². The van der Waals surface area contributed by atoms with Gasteiger partial charge in [0, 0.05) is 18.2 Å². The maximum absolute atomic E-state index is 5.83. The van der Waals surface area contributed by atoms with Crippen LogP contribution >= 0.6 is 0 Å². The zero-order valence-corrected chi connectivity index (χ0v) is 11.5. The Morgan fingerprint density at radius 1 is 1.45 bits per heavy atom. The number of ether oxygens (including phenoxy) is 1. The second-order valence-electron chi connectivity index (χ2n) is 5.07. The monoisotopic (exact) mass is 269 g/mol. The van der Waals surface area contributed by atoms with Gasteiger partial charge in [-0.05, 0) is 6.92 Å². The molecular formula is C15H15N3O2. The number of rotatable bonds is 2. The van der Waals surface area contributed by atoms with Crippen molar-refractivity contribution in [3.63, 3.8) is 0 Å². The van der Waals surface area contributed by atoms with Crippen LogP contribution in [0.25, 0.3) is 0 Å². The van der Waals surface area contributed by atoms with E-state index >= 15 is 0 Å². The molecular weight excluding hydrogens is 254 g/mol. The molecule has 20 heavy (non-hydrogen) atoms. The summed E-state index contributed by atoms with van der Waals surface area (Å²) in [6.07, 6.45) is 1.81. The normalized spacial score (nSPS) is 24.6. The highest BCUT2D eigenvalue weighted by molar-refractivity contribution is 6.15. The van der Waals surface area contributed by atoms with Crippen molar-refractivity contribution in [3.05, 3.63) is 53.1 Å². The van der Waals surface area contributed by atoms with Gasteiger partial charge in [-0.1, -0.05) is 29.4 Å². The number of hydrogen-bond donors (Lipinski definition) is 0. The van der Waals surface area contributed by atoms with Crippen LogP contribution < -0.4 is 0 Å². The maximum Gasteiger partial charge on any atom is 0.159 e. The molecule has 1 aliphatic heterocycles. The summed E-state index contributed by atoms with van der Waals surface area (Å²) in [4.78, 5) is 9.78. The van der Waals surface area contributed by atoms with Crippen LogP contribution in [0.4, 0.5) is 0 Å². The number of aromatic nitrogens is 2. The first-order valence-electron chi connectivity index (χ1n) is 6.74. The lowest BCUT2D eigenvalue weighted by Crippen LogP contribution is -2.28. The van der Waals surface area contributed by atoms with E-state index in [4.69, 9.17) is 9.57 Å². The summed E-state index contributed by atoms with van der Waals surface area (Å²) >= 11 is 0.